The van der Waals surface area contributed by atoms with Crippen molar-refractivity contribution in [2.45, 2.75) is 25.0 Å². The van der Waals surface area contributed by atoms with Crippen molar-refractivity contribution in [1.82, 2.24) is 14.2 Å². The van der Waals surface area contributed by atoms with Gasteiger partial charge in [0.1, 0.15) is 6.17 Å². The molecule has 3 aliphatic heterocycles. The molecule has 0 amide bonds. The quantitative estimate of drug-likeness (QED) is 0.818. The number of sulfonamides is 1. The van der Waals surface area contributed by atoms with E-state index in [0.29, 0.717) is 13.1 Å². The van der Waals surface area contributed by atoms with Crippen LogP contribution in [0.15, 0.2) is 53.9 Å². The van der Waals surface area contributed by atoms with Gasteiger partial charge in [0.2, 0.25) is 10.0 Å². The third-order valence-corrected chi connectivity index (χ3v) is 7.32. The molecule has 1 saturated heterocycles. The van der Waals surface area contributed by atoms with Crippen LogP contribution in [0.1, 0.15) is 18.4 Å². The van der Waals surface area contributed by atoms with Crippen molar-refractivity contribution < 1.29 is 8.42 Å². The number of hydrogen-bond acceptors (Lipinski definition) is 6. The van der Waals surface area contributed by atoms with Crippen LogP contribution in [0, 0.1) is 0 Å². The van der Waals surface area contributed by atoms with E-state index in [1.165, 1.54) is 6.26 Å². The fourth-order valence-corrected chi connectivity index (χ4v) is 5.23. The molecule has 156 valence electrons. The molecule has 1 aromatic carbocycles. The lowest BCUT2D eigenvalue weighted by Crippen LogP contribution is -2.41. The Balaban J connectivity index is 1.43. The molecule has 4 heterocycles. The van der Waals surface area contributed by atoms with Crippen LogP contribution in [0.25, 0.3) is 16.3 Å². The molecule has 30 heavy (non-hydrogen) atoms. The molecule has 1 fully saturated rings. The summed E-state index contributed by atoms with van der Waals surface area (Å²) in [5, 5.41) is 5.88. The van der Waals surface area contributed by atoms with Gasteiger partial charge in [-0.2, -0.15) is 0 Å². The Hall–Kier alpha value is -2.71. The van der Waals surface area contributed by atoms with Crippen molar-refractivity contribution in [2.24, 2.45) is 4.99 Å². The number of aromatic nitrogens is 1. The number of nitrogens with zero attached hydrogens (tertiary/aromatic N) is 4. The fraction of sp³-hybridized carbons (Fsp3) is 0.364. The third-order valence-electron chi connectivity index (χ3n) is 6.01. The summed E-state index contributed by atoms with van der Waals surface area (Å²) in [4.78, 5) is 11.0. The van der Waals surface area contributed by atoms with Gasteiger partial charge in [-0.05, 0) is 53.6 Å². The van der Waals surface area contributed by atoms with E-state index in [2.05, 4.69) is 50.7 Å². The van der Waals surface area contributed by atoms with Crippen molar-refractivity contribution in [1.29, 1.82) is 0 Å². The summed E-state index contributed by atoms with van der Waals surface area (Å²) < 4.78 is 25.2. The van der Waals surface area contributed by atoms with Crippen LogP contribution in [0.3, 0.4) is 0 Å². The number of allylic oxidation sites excluding steroid dienone is 2. The molecule has 5 rings (SSSR count). The monoisotopic (exact) mass is 423 g/mol. The van der Waals surface area contributed by atoms with E-state index >= 15 is 0 Å². The minimum atomic E-state index is -3.12. The van der Waals surface area contributed by atoms with Gasteiger partial charge in [0.05, 0.1) is 12.8 Å². The van der Waals surface area contributed by atoms with E-state index < -0.39 is 10.0 Å². The molecule has 3 aliphatic rings. The van der Waals surface area contributed by atoms with Crippen LogP contribution in [0.2, 0.25) is 0 Å². The molecule has 1 N–H and O–H groups in total. The highest BCUT2D eigenvalue weighted by Gasteiger charge is 2.25. The van der Waals surface area contributed by atoms with Crippen LogP contribution in [-0.4, -0.2) is 66.9 Å². The number of nitrogens with one attached hydrogen (secondary N) is 1. The van der Waals surface area contributed by atoms with Crippen molar-refractivity contribution in [3.05, 3.63) is 54.5 Å². The fourth-order valence-electron chi connectivity index (χ4n) is 4.35. The Morgan fingerprint density at radius 2 is 2.03 bits per heavy atom. The van der Waals surface area contributed by atoms with Crippen molar-refractivity contribution >= 4 is 38.3 Å². The molecule has 0 radical (unpaired) electrons. The van der Waals surface area contributed by atoms with Gasteiger partial charge >= 0.3 is 0 Å². The number of piperidine rings is 1. The number of pyridine rings is 1. The predicted molar refractivity (Wildman–Crippen MR) is 121 cm³/mol. The van der Waals surface area contributed by atoms with Gasteiger partial charge in [-0.1, -0.05) is 6.08 Å². The van der Waals surface area contributed by atoms with Gasteiger partial charge in [0.25, 0.3) is 0 Å². The van der Waals surface area contributed by atoms with Crippen LogP contribution >= 0.6 is 0 Å². The first-order valence-electron chi connectivity index (χ1n) is 10.2. The maximum absolute atomic E-state index is 11.8. The Morgan fingerprint density at radius 1 is 1.20 bits per heavy atom. The Morgan fingerprint density at radius 3 is 2.83 bits per heavy atom. The Labute approximate surface area is 176 Å². The molecule has 7 nitrogen and oxygen atoms in total. The van der Waals surface area contributed by atoms with Gasteiger partial charge < -0.3 is 10.2 Å². The standard InChI is InChI=1S/C22H25N5O2S/c1-30(28,29)27-9-5-19(6-10-27)25-21-13-18(12-16-4-7-23-14-20(16)21)17-2-3-22-24-8-11-26(22)15-17/h2-4,7-8,12-15,19,22,25H,5-6,9-11H2,1H3. The van der Waals surface area contributed by atoms with Crippen LogP contribution in [0.5, 0.6) is 0 Å². The molecule has 1 atom stereocenters. The zero-order valence-electron chi connectivity index (χ0n) is 16.9. The maximum atomic E-state index is 11.8. The minimum Gasteiger partial charge on any atom is -0.382 e. The van der Waals surface area contributed by atoms with E-state index in [1.807, 2.05) is 24.7 Å². The number of aliphatic imine (C=N–C) groups is 1. The van der Waals surface area contributed by atoms with E-state index in [0.717, 1.165) is 47.0 Å². The Kier molecular flexibility index (Phi) is 4.83. The second kappa shape index (κ2) is 7.52. The number of rotatable bonds is 4. The van der Waals surface area contributed by atoms with Gasteiger partial charge in [0, 0.05) is 55.0 Å². The molecule has 8 heteroatoms. The lowest BCUT2D eigenvalue weighted by atomic mass is 9.98. The zero-order valence-corrected chi connectivity index (χ0v) is 17.7. The predicted octanol–water partition coefficient (Wildman–Crippen LogP) is 2.69. The van der Waals surface area contributed by atoms with Crippen LogP contribution in [0.4, 0.5) is 5.69 Å². The highest BCUT2D eigenvalue weighted by molar-refractivity contribution is 7.88. The van der Waals surface area contributed by atoms with Crippen molar-refractivity contribution in [3.8, 4) is 0 Å². The summed E-state index contributed by atoms with van der Waals surface area (Å²) >= 11 is 0. The maximum Gasteiger partial charge on any atom is 0.211 e. The van der Waals surface area contributed by atoms with Crippen molar-refractivity contribution in [3.63, 3.8) is 0 Å². The lowest BCUT2D eigenvalue weighted by Gasteiger charge is -2.31. The van der Waals surface area contributed by atoms with Gasteiger partial charge in [0.15, 0.2) is 0 Å². The van der Waals surface area contributed by atoms with Gasteiger partial charge in [-0.25, -0.2) is 12.7 Å². The number of fused-ring (bicyclic) bond motifs is 2. The normalized spacial score (nSPS) is 22.4. The van der Waals surface area contributed by atoms with Crippen LogP contribution in [-0.2, 0) is 10.0 Å². The lowest BCUT2D eigenvalue weighted by molar-refractivity contribution is 0.332. The van der Waals surface area contributed by atoms with E-state index in [1.54, 1.807) is 4.31 Å². The number of hydrogen-bond donors (Lipinski definition) is 1. The van der Waals surface area contributed by atoms with Crippen LogP contribution < -0.4 is 5.32 Å². The van der Waals surface area contributed by atoms with Crippen molar-refractivity contribution in [2.75, 3.05) is 31.2 Å². The smallest absolute Gasteiger partial charge is 0.211 e. The van der Waals surface area contributed by atoms with E-state index in [-0.39, 0.29) is 12.2 Å². The number of anilines is 1. The second-order valence-corrected chi connectivity index (χ2v) is 10.1. The Bertz CT molecular complexity index is 1160. The molecule has 1 aromatic heterocycles. The SMILES string of the molecule is CS(=O)(=O)N1CCC(Nc2cc(C3=CN4CC=NC4C=C3)cc3ccncc23)CC1. The first-order valence-corrected chi connectivity index (χ1v) is 12.1. The summed E-state index contributed by atoms with van der Waals surface area (Å²) in [5.41, 5.74) is 3.35. The number of benzene rings is 1. The van der Waals surface area contributed by atoms with Gasteiger partial charge in [-0.3, -0.25) is 9.98 Å². The van der Waals surface area contributed by atoms with Gasteiger partial charge in [-0.15, -0.1) is 0 Å². The molecule has 0 aliphatic carbocycles. The largest absolute Gasteiger partial charge is 0.382 e. The van der Waals surface area contributed by atoms with E-state index in [9.17, 15) is 8.42 Å². The first kappa shape index (κ1) is 19.3. The summed E-state index contributed by atoms with van der Waals surface area (Å²) in [6, 6.07) is 6.64. The average molecular weight is 424 g/mol. The highest BCUT2D eigenvalue weighted by atomic mass is 32.2. The molecule has 0 bridgehead atoms. The summed E-state index contributed by atoms with van der Waals surface area (Å²) in [6.45, 7) is 1.94. The second-order valence-electron chi connectivity index (χ2n) is 8.09. The zero-order chi connectivity index (χ0) is 20.7. The summed E-state index contributed by atoms with van der Waals surface area (Å²) in [5.74, 6) is 0. The summed E-state index contributed by atoms with van der Waals surface area (Å²) in [7, 11) is -3.12. The molecule has 0 spiro atoms. The molecule has 0 saturated carbocycles. The third kappa shape index (κ3) is 3.73. The molecule has 2 aromatic rings. The average Bonchev–Trinajstić information content (AvgIpc) is 3.21. The molecule has 1 unspecified atom stereocenters. The topological polar surface area (TPSA) is 77.9 Å². The first-order chi connectivity index (χ1) is 14.5. The minimum absolute atomic E-state index is 0.121. The van der Waals surface area contributed by atoms with E-state index in [4.69, 9.17) is 0 Å². The molecular weight excluding hydrogens is 398 g/mol. The highest BCUT2D eigenvalue weighted by Crippen LogP contribution is 2.32. The summed E-state index contributed by atoms with van der Waals surface area (Å²) in [6.07, 6.45) is 15.1. The molecular formula is C22H25N5O2S.